The van der Waals surface area contributed by atoms with Crippen LogP contribution in [0.5, 0.6) is 5.75 Å². The molecule has 1 aromatic carbocycles. The van der Waals surface area contributed by atoms with Crippen LogP contribution in [-0.4, -0.2) is 36.5 Å². The van der Waals surface area contributed by atoms with Gasteiger partial charge < -0.3 is 15.4 Å². The number of hydrogen-bond acceptors (Lipinski definition) is 3. The molecule has 1 heterocycles. The summed E-state index contributed by atoms with van der Waals surface area (Å²) in [6.07, 6.45) is 7.90. The standard InChI is InChI=1S/C22H32N2O2/c23-21-17-5-4-6-18(21)14-19(13-17)22(25)24-11-9-16(10-12-24)15-26-20-7-2-1-3-8-20/h1-3,7-8,16-19,21H,4-6,9-15,23H2. The highest BCUT2D eigenvalue weighted by Crippen LogP contribution is 2.42. The van der Waals surface area contributed by atoms with Gasteiger partial charge in [0, 0.05) is 25.0 Å². The Labute approximate surface area is 157 Å². The van der Waals surface area contributed by atoms with Crippen LogP contribution < -0.4 is 10.5 Å². The summed E-state index contributed by atoms with van der Waals surface area (Å²) < 4.78 is 5.90. The fourth-order valence-electron chi connectivity index (χ4n) is 5.30. The molecule has 3 fully saturated rings. The van der Waals surface area contributed by atoms with E-state index in [4.69, 9.17) is 10.5 Å². The zero-order valence-electron chi connectivity index (χ0n) is 15.7. The summed E-state index contributed by atoms with van der Waals surface area (Å²) in [5.74, 6) is 3.27. The summed E-state index contributed by atoms with van der Waals surface area (Å²) in [4.78, 5) is 15.2. The molecular weight excluding hydrogens is 324 g/mol. The highest BCUT2D eigenvalue weighted by atomic mass is 16.5. The van der Waals surface area contributed by atoms with Crippen LogP contribution in [-0.2, 0) is 4.79 Å². The lowest BCUT2D eigenvalue weighted by Gasteiger charge is -2.45. The number of nitrogens with zero attached hydrogens (tertiary/aromatic N) is 1. The first-order valence-corrected chi connectivity index (χ1v) is 10.4. The summed E-state index contributed by atoms with van der Waals surface area (Å²) in [5, 5.41) is 0. The second kappa shape index (κ2) is 7.99. The number of fused-ring (bicyclic) bond motifs is 2. The Morgan fingerprint density at radius 1 is 1.04 bits per heavy atom. The van der Waals surface area contributed by atoms with Crippen LogP contribution in [0, 0.1) is 23.7 Å². The van der Waals surface area contributed by atoms with Gasteiger partial charge in [-0.1, -0.05) is 24.6 Å². The van der Waals surface area contributed by atoms with Crippen LogP contribution in [0.15, 0.2) is 30.3 Å². The van der Waals surface area contributed by atoms with Crippen molar-refractivity contribution in [3.05, 3.63) is 30.3 Å². The zero-order valence-corrected chi connectivity index (χ0v) is 15.7. The van der Waals surface area contributed by atoms with Gasteiger partial charge in [0.15, 0.2) is 0 Å². The number of piperidine rings is 1. The highest BCUT2D eigenvalue weighted by Gasteiger charge is 2.41. The number of carbonyl (C=O) groups is 1. The normalized spacial score (nSPS) is 32.3. The van der Waals surface area contributed by atoms with E-state index in [1.807, 2.05) is 30.3 Å². The minimum atomic E-state index is 0.224. The fraction of sp³-hybridized carbons (Fsp3) is 0.682. The van der Waals surface area contributed by atoms with Crippen molar-refractivity contribution >= 4 is 5.91 Å². The molecule has 1 aliphatic heterocycles. The van der Waals surface area contributed by atoms with E-state index in [1.165, 1.54) is 19.3 Å². The quantitative estimate of drug-likeness (QED) is 0.899. The molecule has 2 aliphatic carbocycles. The number of hydrogen-bond donors (Lipinski definition) is 1. The average molecular weight is 357 g/mol. The fourth-order valence-corrected chi connectivity index (χ4v) is 5.30. The first-order chi connectivity index (χ1) is 12.7. The van der Waals surface area contributed by atoms with Crippen LogP contribution in [0.2, 0.25) is 0 Å². The van der Waals surface area contributed by atoms with E-state index in [1.54, 1.807) is 0 Å². The molecule has 4 rings (SSSR count). The number of nitrogens with two attached hydrogens (primary N) is 1. The van der Waals surface area contributed by atoms with E-state index < -0.39 is 0 Å². The lowest BCUT2D eigenvalue weighted by molar-refractivity contribution is -0.140. The van der Waals surface area contributed by atoms with Crippen LogP contribution in [0.4, 0.5) is 0 Å². The van der Waals surface area contributed by atoms with E-state index >= 15 is 0 Å². The predicted octanol–water partition coefficient (Wildman–Crippen LogP) is 3.46. The van der Waals surface area contributed by atoms with E-state index in [0.717, 1.165) is 51.1 Å². The summed E-state index contributed by atoms with van der Waals surface area (Å²) in [6, 6.07) is 10.4. The van der Waals surface area contributed by atoms with Crippen molar-refractivity contribution in [1.29, 1.82) is 0 Å². The summed E-state index contributed by atoms with van der Waals surface area (Å²) >= 11 is 0. The van der Waals surface area contributed by atoms with Gasteiger partial charge in [-0.15, -0.1) is 0 Å². The second-order valence-corrected chi connectivity index (χ2v) is 8.59. The maximum absolute atomic E-state index is 13.0. The minimum absolute atomic E-state index is 0.224. The number of carbonyl (C=O) groups excluding carboxylic acids is 1. The van der Waals surface area contributed by atoms with Gasteiger partial charge in [0.2, 0.25) is 5.91 Å². The van der Waals surface area contributed by atoms with Gasteiger partial charge >= 0.3 is 0 Å². The van der Waals surface area contributed by atoms with Crippen molar-refractivity contribution in [3.63, 3.8) is 0 Å². The topological polar surface area (TPSA) is 55.6 Å². The average Bonchev–Trinajstić information content (AvgIpc) is 2.67. The van der Waals surface area contributed by atoms with E-state index in [0.29, 0.717) is 29.7 Å². The van der Waals surface area contributed by atoms with Gasteiger partial charge in [0.25, 0.3) is 0 Å². The first kappa shape index (κ1) is 17.8. The van der Waals surface area contributed by atoms with Crippen molar-refractivity contribution in [2.45, 2.75) is 51.0 Å². The van der Waals surface area contributed by atoms with Crippen molar-refractivity contribution in [2.75, 3.05) is 19.7 Å². The molecule has 26 heavy (non-hydrogen) atoms. The van der Waals surface area contributed by atoms with E-state index in [2.05, 4.69) is 4.90 Å². The van der Waals surface area contributed by atoms with E-state index in [9.17, 15) is 4.79 Å². The monoisotopic (exact) mass is 356 g/mol. The van der Waals surface area contributed by atoms with Crippen LogP contribution >= 0.6 is 0 Å². The zero-order chi connectivity index (χ0) is 17.9. The Morgan fingerprint density at radius 3 is 2.35 bits per heavy atom. The Bertz CT molecular complexity index is 583. The molecule has 2 bridgehead atoms. The number of benzene rings is 1. The molecule has 4 nitrogen and oxygen atoms in total. The summed E-state index contributed by atoms with van der Waals surface area (Å²) in [6.45, 7) is 2.54. The second-order valence-electron chi connectivity index (χ2n) is 8.59. The molecule has 0 radical (unpaired) electrons. The smallest absolute Gasteiger partial charge is 0.225 e. The highest BCUT2D eigenvalue weighted by molar-refractivity contribution is 5.79. The van der Waals surface area contributed by atoms with Crippen molar-refractivity contribution in [1.82, 2.24) is 4.90 Å². The molecule has 1 saturated heterocycles. The molecule has 2 N–H and O–H groups in total. The molecule has 4 heteroatoms. The molecule has 2 saturated carbocycles. The van der Waals surface area contributed by atoms with Crippen LogP contribution in [0.25, 0.3) is 0 Å². The molecule has 1 aromatic rings. The van der Waals surface area contributed by atoms with Crippen LogP contribution in [0.1, 0.15) is 44.9 Å². The Morgan fingerprint density at radius 2 is 1.69 bits per heavy atom. The molecule has 2 unspecified atom stereocenters. The molecule has 3 aliphatic rings. The van der Waals surface area contributed by atoms with Gasteiger partial charge in [-0.3, -0.25) is 4.79 Å². The van der Waals surface area contributed by atoms with Crippen LogP contribution in [0.3, 0.4) is 0 Å². The molecular formula is C22H32N2O2. The van der Waals surface area contributed by atoms with Gasteiger partial charge in [0.1, 0.15) is 5.75 Å². The lowest BCUT2D eigenvalue weighted by atomic mass is 9.65. The molecule has 0 spiro atoms. The predicted molar refractivity (Wildman–Crippen MR) is 103 cm³/mol. The summed E-state index contributed by atoms with van der Waals surface area (Å²) in [7, 11) is 0. The molecule has 1 amide bonds. The minimum Gasteiger partial charge on any atom is -0.493 e. The maximum Gasteiger partial charge on any atom is 0.225 e. The summed E-state index contributed by atoms with van der Waals surface area (Å²) in [5.41, 5.74) is 6.39. The van der Waals surface area contributed by atoms with Gasteiger partial charge in [-0.2, -0.15) is 0 Å². The maximum atomic E-state index is 13.0. The van der Waals surface area contributed by atoms with Gasteiger partial charge in [0.05, 0.1) is 6.61 Å². The number of para-hydroxylation sites is 1. The van der Waals surface area contributed by atoms with Crippen molar-refractivity contribution in [3.8, 4) is 5.75 Å². The number of likely N-dealkylation sites (tertiary alicyclic amines) is 1. The van der Waals surface area contributed by atoms with Crippen molar-refractivity contribution < 1.29 is 9.53 Å². The van der Waals surface area contributed by atoms with Gasteiger partial charge in [-0.25, -0.2) is 0 Å². The Balaban J connectivity index is 1.25. The third-order valence-corrected chi connectivity index (χ3v) is 6.92. The number of rotatable bonds is 4. The third-order valence-electron chi connectivity index (χ3n) is 6.92. The van der Waals surface area contributed by atoms with Gasteiger partial charge in [-0.05, 0) is 68.4 Å². The molecule has 0 aromatic heterocycles. The molecule has 142 valence electrons. The third kappa shape index (κ3) is 3.90. The molecule has 2 atom stereocenters. The SMILES string of the molecule is NC1C2CCCC1CC(C(=O)N1CCC(COc3ccccc3)CC1)C2. The number of amides is 1. The van der Waals surface area contributed by atoms with Crippen molar-refractivity contribution in [2.24, 2.45) is 29.4 Å². The largest absolute Gasteiger partial charge is 0.493 e. The Hall–Kier alpha value is -1.55. The van der Waals surface area contributed by atoms with E-state index in [-0.39, 0.29) is 5.92 Å². The lowest BCUT2D eigenvalue weighted by Crippen LogP contribution is -2.50. The first-order valence-electron chi connectivity index (χ1n) is 10.4. The Kier molecular flexibility index (Phi) is 5.49. The number of ether oxygens (including phenoxy) is 1.